The Hall–Kier alpha value is -1.88. The topological polar surface area (TPSA) is 67.7 Å². The van der Waals surface area contributed by atoms with E-state index in [1.165, 1.54) is 10.7 Å². The number of hydrogen-bond acceptors (Lipinski definition) is 2. The van der Waals surface area contributed by atoms with E-state index in [1.807, 2.05) is 6.92 Å². The fourth-order valence-corrected chi connectivity index (χ4v) is 1.62. The third kappa shape index (κ3) is 2.87. The van der Waals surface area contributed by atoms with Crippen molar-refractivity contribution in [3.63, 3.8) is 0 Å². The maximum atomic E-state index is 13.5. The Bertz CT molecular complexity index is 565. The molecule has 6 heteroatoms. The van der Waals surface area contributed by atoms with Crippen LogP contribution < -0.4 is 5.73 Å². The van der Waals surface area contributed by atoms with Gasteiger partial charge >= 0.3 is 0 Å². The maximum Gasteiger partial charge on any atom is 0.213 e. The standard InChI is InChI=1S/C12H13FN4.ClH/c1-8-7-17(12(14)15)16-11(8)6-9-4-2-3-5-10(9)13;/h2-5,7H,6H2,1H3,(H3,14,15);1H. The summed E-state index contributed by atoms with van der Waals surface area (Å²) < 4.78 is 14.8. The average molecular weight is 269 g/mol. The molecule has 18 heavy (non-hydrogen) atoms. The molecule has 0 aliphatic heterocycles. The molecule has 0 bridgehead atoms. The molecule has 1 aromatic carbocycles. The Kier molecular flexibility index (Phi) is 4.44. The molecule has 4 nitrogen and oxygen atoms in total. The minimum atomic E-state index is -0.246. The Balaban J connectivity index is 0.00000162. The van der Waals surface area contributed by atoms with Gasteiger partial charge in [0.15, 0.2) is 0 Å². The first-order valence-corrected chi connectivity index (χ1v) is 5.21. The van der Waals surface area contributed by atoms with Crippen molar-refractivity contribution < 1.29 is 4.39 Å². The van der Waals surface area contributed by atoms with Crippen molar-refractivity contribution in [1.82, 2.24) is 9.78 Å². The van der Waals surface area contributed by atoms with Gasteiger partial charge in [-0.3, -0.25) is 5.41 Å². The third-order valence-corrected chi connectivity index (χ3v) is 2.56. The summed E-state index contributed by atoms with van der Waals surface area (Å²) in [5.74, 6) is -0.392. The molecule has 0 saturated heterocycles. The summed E-state index contributed by atoms with van der Waals surface area (Å²) in [6.07, 6.45) is 2.07. The summed E-state index contributed by atoms with van der Waals surface area (Å²) in [6, 6.07) is 6.59. The van der Waals surface area contributed by atoms with Gasteiger partial charge in [0.2, 0.25) is 5.96 Å². The van der Waals surface area contributed by atoms with E-state index in [1.54, 1.807) is 24.4 Å². The summed E-state index contributed by atoms with van der Waals surface area (Å²) in [6.45, 7) is 1.86. The molecular weight excluding hydrogens is 255 g/mol. The van der Waals surface area contributed by atoms with E-state index in [9.17, 15) is 4.39 Å². The zero-order chi connectivity index (χ0) is 12.4. The van der Waals surface area contributed by atoms with Crippen molar-refractivity contribution in [2.24, 2.45) is 5.73 Å². The Morgan fingerprint density at radius 2 is 2.11 bits per heavy atom. The van der Waals surface area contributed by atoms with E-state index in [-0.39, 0.29) is 24.2 Å². The van der Waals surface area contributed by atoms with Gasteiger partial charge in [0.25, 0.3) is 0 Å². The van der Waals surface area contributed by atoms with Crippen molar-refractivity contribution in [3.05, 3.63) is 53.1 Å². The number of aryl methyl sites for hydroxylation is 1. The Labute approximate surface area is 111 Å². The lowest BCUT2D eigenvalue weighted by Crippen LogP contribution is -2.21. The van der Waals surface area contributed by atoms with E-state index in [4.69, 9.17) is 11.1 Å². The molecule has 0 radical (unpaired) electrons. The van der Waals surface area contributed by atoms with Crippen LogP contribution in [0.4, 0.5) is 4.39 Å². The van der Waals surface area contributed by atoms with Crippen LogP contribution in [0.1, 0.15) is 16.8 Å². The first-order valence-electron chi connectivity index (χ1n) is 5.21. The predicted octanol–water partition coefficient (Wildman–Crippen LogP) is 2.08. The minimum absolute atomic E-state index is 0. The molecule has 0 amide bonds. The van der Waals surface area contributed by atoms with Crippen LogP contribution in [-0.4, -0.2) is 15.7 Å². The van der Waals surface area contributed by atoms with Crippen LogP contribution in [0.3, 0.4) is 0 Å². The van der Waals surface area contributed by atoms with Gasteiger partial charge in [0.05, 0.1) is 5.69 Å². The number of nitrogens with zero attached hydrogens (tertiary/aromatic N) is 2. The molecule has 96 valence electrons. The Morgan fingerprint density at radius 1 is 1.44 bits per heavy atom. The molecular formula is C12H14ClFN4. The highest BCUT2D eigenvalue weighted by atomic mass is 35.5. The van der Waals surface area contributed by atoms with E-state index < -0.39 is 0 Å². The normalized spacial score (nSPS) is 9.89. The second-order valence-corrected chi connectivity index (χ2v) is 3.86. The van der Waals surface area contributed by atoms with Crippen molar-refractivity contribution in [1.29, 1.82) is 5.41 Å². The monoisotopic (exact) mass is 268 g/mol. The average Bonchev–Trinajstić information content (AvgIpc) is 2.64. The van der Waals surface area contributed by atoms with Crippen LogP contribution in [0.2, 0.25) is 0 Å². The number of nitrogens with two attached hydrogens (primary N) is 1. The zero-order valence-electron chi connectivity index (χ0n) is 9.85. The lowest BCUT2D eigenvalue weighted by Gasteiger charge is -2.01. The molecule has 2 rings (SSSR count). The number of benzene rings is 1. The van der Waals surface area contributed by atoms with Crippen LogP contribution in [-0.2, 0) is 6.42 Å². The molecule has 0 spiro atoms. The van der Waals surface area contributed by atoms with E-state index in [0.717, 1.165) is 11.3 Å². The molecule has 2 aromatic rings. The first-order chi connectivity index (χ1) is 8.08. The maximum absolute atomic E-state index is 13.5. The highest BCUT2D eigenvalue weighted by molar-refractivity contribution is 5.85. The summed E-state index contributed by atoms with van der Waals surface area (Å²) in [5, 5.41) is 11.4. The van der Waals surface area contributed by atoms with Crippen LogP contribution in [0.25, 0.3) is 0 Å². The van der Waals surface area contributed by atoms with Gasteiger partial charge in [-0.15, -0.1) is 12.4 Å². The van der Waals surface area contributed by atoms with Gasteiger partial charge in [-0.2, -0.15) is 5.10 Å². The van der Waals surface area contributed by atoms with Gasteiger partial charge in [-0.1, -0.05) is 18.2 Å². The van der Waals surface area contributed by atoms with E-state index in [0.29, 0.717) is 12.0 Å². The highest BCUT2D eigenvalue weighted by Crippen LogP contribution is 2.14. The van der Waals surface area contributed by atoms with Crippen LogP contribution >= 0.6 is 12.4 Å². The molecule has 0 fully saturated rings. The third-order valence-electron chi connectivity index (χ3n) is 2.56. The predicted molar refractivity (Wildman–Crippen MR) is 70.7 cm³/mol. The molecule has 0 unspecified atom stereocenters. The molecule has 1 heterocycles. The van der Waals surface area contributed by atoms with Gasteiger partial charge in [0, 0.05) is 12.6 Å². The molecule has 0 atom stereocenters. The lowest BCUT2D eigenvalue weighted by molar-refractivity contribution is 0.612. The van der Waals surface area contributed by atoms with Crippen molar-refractivity contribution >= 4 is 18.4 Å². The molecule has 0 aliphatic carbocycles. The summed E-state index contributed by atoms with van der Waals surface area (Å²) in [7, 11) is 0. The first kappa shape index (κ1) is 14.2. The fraction of sp³-hybridized carbons (Fsp3) is 0.167. The second kappa shape index (κ2) is 5.64. The van der Waals surface area contributed by atoms with Gasteiger partial charge in [-0.05, 0) is 24.1 Å². The number of rotatable bonds is 2. The van der Waals surface area contributed by atoms with E-state index in [2.05, 4.69) is 5.10 Å². The fourth-order valence-electron chi connectivity index (χ4n) is 1.62. The van der Waals surface area contributed by atoms with Crippen LogP contribution in [0.5, 0.6) is 0 Å². The second-order valence-electron chi connectivity index (χ2n) is 3.86. The quantitative estimate of drug-likeness (QED) is 0.647. The SMILES string of the molecule is Cc1cn(C(=N)N)nc1Cc1ccccc1F.Cl. The number of halogens is 2. The van der Waals surface area contributed by atoms with Crippen molar-refractivity contribution in [2.45, 2.75) is 13.3 Å². The van der Waals surface area contributed by atoms with E-state index >= 15 is 0 Å². The number of nitrogen functional groups attached to an aromatic ring is 1. The smallest absolute Gasteiger partial charge is 0.213 e. The lowest BCUT2D eigenvalue weighted by atomic mass is 10.1. The summed E-state index contributed by atoms with van der Waals surface area (Å²) >= 11 is 0. The number of hydrogen-bond donors (Lipinski definition) is 2. The molecule has 3 N–H and O–H groups in total. The number of aromatic nitrogens is 2. The van der Waals surface area contributed by atoms with Crippen molar-refractivity contribution in [2.75, 3.05) is 0 Å². The molecule has 0 saturated carbocycles. The van der Waals surface area contributed by atoms with Gasteiger partial charge in [-0.25, -0.2) is 9.07 Å². The summed E-state index contributed by atoms with van der Waals surface area (Å²) in [4.78, 5) is 0. The van der Waals surface area contributed by atoms with Crippen LogP contribution in [0.15, 0.2) is 30.5 Å². The minimum Gasteiger partial charge on any atom is -0.368 e. The Morgan fingerprint density at radius 3 is 2.67 bits per heavy atom. The van der Waals surface area contributed by atoms with Gasteiger partial charge < -0.3 is 5.73 Å². The zero-order valence-corrected chi connectivity index (χ0v) is 10.7. The van der Waals surface area contributed by atoms with Crippen molar-refractivity contribution in [3.8, 4) is 0 Å². The van der Waals surface area contributed by atoms with Gasteiger partial charge in [0.1, 0.15) is 5.82 Å². The number of nitrogens with one attached hydrogen (secondary N) is 1. The highest BCUT2D eigenvalue weighted by Gasteiger charge is 2.09. The summed E-state index contributed by atoms with van der Waals surface area (Å²) in [5.41, 5.74) is 7.54. The molecule has 0 aliphatic rings. The molecule has 1 aromatic heterocycles. The van der Waals surface area contributed by atoms with Crippen LogP contribution in [0, 0.1) is 18.2 Å². The largest absolute Gasteiger partial charge is 0.368 e.